The van der Waals surface area contributed by atoms with Gasteiger partial charge in [-0.15, -0.1) is 0 Å². The van der Waals surface area contributed by atoms with E-state index in [0.29, 0.717) is 6.08 Å². The fraction of sp³-hybridized carbons (Fsp3) is 0.0526. The maximum atomic E-state index is 9.78. The van der Waals surface area contributed by atoms with Crippen LogP contribution >= 0.6 is 0 Å². The molecule has 3 N–H and O–H groups in total. The van der Waals surface area contributed by atoms with Gasteiger partial charge in [0, 0.05) is 12.2 Å². The Kier molecular flexibility index (Phi) is 7.58. The van der Waals surface area contributed by atoms with Crippen molar-refractivity contribution in [3.63, 3.8) is 0 Å². The van der Waals surface area contributed by atoms with Gasteiger partial charge in [0.1, 0.15) is 0 Å². The molecule has 0 saturated heterocycles. The first-order chi connectivity index (χ1) is 11.0. The topological polar surface area (TPSA) is 80.4 Å². The van der Waals surface area contributed by atoms with Gasteiger partial charge in [0.05, 0.1) is 0 Å². The van der Waals surface area contributed by atoms with Gasteiger partial charge in [-0.1, -0.05) is 66.7 Å². The second-order valence-electron chi connectivity index (χ2n) is 4.67. The highest BCUT2D eigenvalue weighted by Gasteiger charge is 1.90. The minimum atomic E-state index is -1.18. The summed E-state index contributed by atoms with van der Waals surface area (Å²) in [6.07, 6.45) is 5.76. The van der Waals surface area contributed by atoms with Gasteiger partial charge in [-0.3, -0.25) is 4.79 Å². The van der Waals surface area contributed by atoms with Crippen molar-refractivity contribution < 1.29 is 14.7 Å². The molecule has 0 saturated carbocycles. The zero-order valence-corrected chi connectivity index (χ0v) is 12.8. The van der Waals surface area contributed by atoms with E-state index in [-0.39, 0.29) is 0 Å². The van der Waals surface area contributed by atoms with Crippen LogP contribution in [0.25, 0.3) is 12.2 Å². The number of nitrogens with two attached hydrogens (primary N) is 1. The first-order valence-electron chi connectivity index (χ1n) is 6.98. The maximum absolute atomic E-state index is 9.78. The number of rotatable bonds is 4. The van der Waals surface area contributed by atoms with E-state index in [1.807, 2.05) is 6.07 Å². The summed E-state index contributed by atoms with van der Waals surface area (Å²) in [5, 5.41) is 7.87. The van der Waals surface area contributed by atoms with Crippen LogP contribution in [0.15, 0.2) is 66.7 Å². The molecule has 4 nitrogen and oxygen atoms in total. The predicted molar refractivity (Wildman–Crippen MR) is 92.5 cm³/mol. The second kappa shape index (κ2) is 9.73. The lowest BCUT2D eigenvalue weighted by molar-refractivity contribution is -0.131. The molecular weight excluding hydrogens is 290 g/mol. The zero-order valence-electron chi connectivity index (χ0n) is 12.8. The average Bonchev–Trinajstić information content (AvgIpc) is 2.54. The summed E-state index contributed by atoms with van der Waals surface area (Å²) in [5.74, 6) is -1.93. The highest BCUT2D eigenvalue weighted by molar-refractivity contribution is 5.92. The first-order valence-corrected chi connectivity index (χ1v) is 6.98. The average molecular weight is 309 g/mol. The second-order valence-corrected chi connectivity index (χ2v) is 4.67. The van der Waals surface area contributed by atoms with Crippen LogP contribution in [0.1, 0.15) is 16.7 Å². The fourth-order valence-electron chi connectivity index (χ4n) is 1.68. The van der Waals surface area contributed by atoms with Gasteiger partial charge >= 0.3 is 5.97 Å². The Morgan fingerprint density at radius 2 is 1.52 bits per heavy atom. The highest BCUT2D eigenvalue weighted by Crippen LogP contribution is 2.11. The summed E-state index contributed by atoms with van der Waals surface area (Å²) < 4.78 is 0. The normalized spacial score (nSPS) is 10.3. The van der Waals surface area contributed by atoms with Gasteiger partial charge in [-0.2, -0.15) is 0 Å². The Labute approximate surface area is 135 Å². The van der Waals surface area contributed by atoms with Crippen LogP contribution in [0, 0.1) is 6.92 Å². The van der Waals surface area contributed by atoms with Crippen molar-refractivity contribution in [2.45, 2.75) is 6.92 Å². The number of hydrogen-bond donors (Lipinski definition) is 2. The van der Waals surface area contributed by atoms with Gasteiger partial charge in [0.25, 0.3) is 0 Å². The van der Waals surface area contributed by atoms with Crippen molar-refractivity contribution in [2.75, 3.05) is 0 Å². The van der Waals surface area contributed by atoms with Gasteiger partial charge in [-0.05, 0) is 23.6 Å². The molecule has 0 radical (unpaired) electrons. The molecular formula is C19H19NO3. The number of carboxylic acids is 1. The standard InChI is InChI=1S/C15H14.C4H5NO3/c1-13-7-5-6-10-15(13)12-11-14-8-3-2-4-9-14;5-3(6)1-2-4(7)8/h2-12H,1H3;1-2H,(H2,5,6)(H,7,8)/b12-11+;2-1-. The lowest BCUT2D eigenvalue weighted by Gasteiger charge is -1.98. The molecule has 0 aliphatic heterocycles. The third-order valence-electron chi connectivity index (χ3n) is 2.83. The number of hydrogen-bond acceptors (Lipinski definition) is 2. The van der Waals surface area contributed by atoms with Crippen LogP contribution in [-0.2, 0) is 9.59 Å². The molecule has 2 aromatic rings. The molecule has 4 heteroatoms. The van der Waals surface area contributed by atoms with E-state index in [0.717, 1.165) is 6.08 Å². The van der Waals surface area contributed by atoms with Gasteiger partial charge in [-0.25, -0.2) is 4.79 Å². The Morgan fingerprint density at radius 1 is 0.913 bits per heavy atom. The van der Waals surface area contributed by atoms with Crippen molar-refractivity contribution in [3.8, 4) is 0 Å². The van der Waals surface area contributed by atoms with Gasteiger partial charge in [0.15, 0.2) is 0 Å². The summed E-state index contributed by atoms with van der Waals surface area (Å²) in [5.41, 5.74) is 8.38. The smallest absolute Gasteiger partial charge is 0.328 e. The van der Waals surface area contributed by atoms with Crippen molar-refractivity contribution in [2.24, 2.45) is 5.73 Å². The van der Waals surface area contributed by atoms with E-state index in [4.69, 9.17) is 5.11 Å². The number of aryl methyl sites for hydroxylation is 1. The maximum Gasteiger partial charge on any atom is 0.328 e. The number of benzene rings is 2. The minimum absolute atomic E-state index is 0.683. The lowest BCUT2D eigenvalue weighted by atomic mass is 10.1. The van der Waals surface area contributed by atoms with Gasteiger partial charge in [0.2, 0.25) is 5.91 Å². The number of carboxylic acid groups (broad SMARTS) is 1. The summed E-state index contributed by atoms with van der Waals surface area (Å²) in [4.78, 5) is 19.4. The molecule has 0 unspecified atom stereocenters. The monoisotopic (exact) mass is 309 g/mol. The summed E-state index contributed by atoms with van der Waals surface area (Å²) in [6, 6.07) is 18.7. The molecule has 0 heterocycles. The number of aliphatic carboxylic acids is 1. The van der Waals surface area contributed by atoms with Crippen molar-refractivity contribution >= 4 is 24.0 Å². The van der Waals surface area contributed by atoms with E-state index in [2.05, 4.69) is 73.3 Å². The molecule has 0 aromatic heterocycles. The van der Waals surface area contributed by atoms with Crippen LogP contribution in [-0.4, -0.2) is 17.0 Å². The molecule has 0 spiro atoms. The number of amides is 1. The van der Waals surface area contributed by atoms with E-state index < -0.39 is 11.9 Å². The fourth-order valence-corrected chi connectivity index (χ4v) is 1.68. The van der Waals surface area contributed by atoms with E-state index >= 15 is 0 Å². The quantitative estimate of drug-likeness (QED) is 0.672. The Bertz CT molecular complexity index is 688. The molecule has 0 aliphatic carbocycles. The molecule has 0 atom stereocenters. The molecule has 0 aliphatic rings. The van der Waals surface area contributed by atoms with Crippen LogP contribution in [0.3, 0.4) is 0 Å². The van der Waals surface area contributed by atoms with Crippen molar-refractivity contribution in [1.82, 2.24) is 0 Å². The number of primary amides is 1. The van der Waals surface area contributed by atoms with Crippen LogP contribution in [0.5, 0.6) is 0 Å². The van der Waals surface area contributed by atoms with E-state index in [1.165, 1.54) is 16.7 Å². The Balaban J connectivity index is 0.000000284. The molecule has 118 valence electrons. The molecule has 1 amide bonds. The van der Waals surface area contributed by atoms with Gasteiger partial charge < -0.3 is 10.8 Å². The Hall–Kier alpha value is -3.14. The number of carbonyl (C=O) groups excluding carboxylic acids is 1. The molecule has 0 fully saturated rings. The van der Waals surface area contributed by atoms with E-state index in [9.17, 15) is 9.59 Å². The number of carbonyl (C=O) groups is 2. The molecule has 0 bridgehead atoms. The third-order valence-corrected chi connectivity index (χ3v) is 2.83. The lowest BCUT2D eigenvalue weighted by Crippen LogP contribution is -2.06. The largest absolute Gasteiger partial charge is 0.478 e. The van der Waals surface area contributed by atoms with Crippen molar-refractivity contribution in [1.29, 1.82) is 0 Å². The van der Waals surface area contributed by atoms with Crippen molar-refractivity contribution in [3.05, 3.63) is 83.4 Å². The SMILES string of the molecule is Cc1ccccc1/C=C/c1ccccc1.NC(=O)/C=C\C(=O)O. The van der Waals surface area contributed by atoms with Crippen LogP contribution < -0.4 is 5.73 Å². The first kappa shape index (κ1) is 17.9. The van der Waals surface area contributed by atoms with Crippen LogP contribution in [0.2, 0.25) is 0 Å². The third kappa shape index (κ3) is 8.02. The van der Waals surface area contributed by atoms with E-state index in [1.54, 1.807) is 0 Å². The Morgan fingerprint density at radius 3 is 2.04 bits per heavy atom. The molecule has 23 heavy (non-hydrogen) atoms. The highest BCUT2D eigenvalue weighted by atomic mass is 16.4. The minimum Gasteiger partial charge on any atom is -0.478 e. The summed E-state index contributed by atoms with van der Waals surface area (Å²) in [6.45, 7) is 2.13. The van der Waals surface area contributed by atoms with Crippen LogP contribution in [0.4, 0.5) is 0 Å². The molecule has 2 rings (SSSR count). The molecule has 2 aromatic carbocycles. The zero-order chi connectivity index (χ0) is 17.1. The summed E-state index contributed by atoms with van der Waals surface area (Å²) >= 11 is 0. The summed E-state index contributed by atoms with van der Waals surface area (Å²) in [7, 11) is 0. The predicted octanol–water partition coefficient (Wildman–Crippen LogP) is 3.28.